The molecule has 48 valence electrons. The maximum atomic E-state index is 8.65. The molecule has 0 bridgehead atoms. The molecule has 0 spiro atoms. The Hall–Kier alpha value is -0.500. The van der Waals surface area contributed by atoms with Crippen molar-refractivity contribution in [3.63, 3.8) is 0 Å². The van der Waals surface area contributed by atoms with Crippen LogP contribution in [-0.2, 0) is 0 Å². The smallest absolute Gasteiger partial charge is 0.121 e. The molecule has 1 unspecified atom stereocenters. The van der Waals surface area contributed by atoms with Crippen LogP contribution < -0.4 is 5.32 Å². The van der Waals surface area contributed by atoms with Gasteiger partial charge >= 0.3 is 0 Å². The summed E-state index contributed by atoms with van der Waals surface area (Å²) in [7, 11) is 0. The van der Waals surface area contributed by atoms with Gasteiger partial charge in [0.1, 0.15) is 6.23 Å². The summed E-state index contributed by atoms with van der Waals surface area (Å²) in [5.74, 6) is 0. The molecule has 0 aliphatic rings. The molecule has 0 saturated carbocycles. The fourth-order valence-corrected chi connectivity index (χ4v) is 0.287. The van der Waals surface area contributed by atoms with Gasteiger partial charge in [0.25, 0.3) is 0 Å². The van der Waals surface area contributed by atoms with Gasteiger partial charge in [-0.15, -0.1) is 0 Å². The van der Waals surface area contributed by atoms with E-state index in [9.17, 15) is 0 Å². The van der Waals surface area contributed by atoms with Gasteiger partial charge in [-0.05, 0) is 27.0 Å². The molecule has 0 aromatic carbocycles. The monoisotopic (exact) mass is 115 g/mol. The van der Waals surface area contributed by atoms with E-state index >= 15 is 0 Å². The summed E-state index contributed by atoms with van der Waals surface area (Å²) in [5, 5.41) is 11.4. The summed E-state index contributed by atoms with van der Waals surface area (Å²) < 4.78 is 0. The Kier molecular flexibility index (Phi) is 3.28. The lowest BCUT2D eigenvalue weighted by Gasteiger charge is -2.01. The number of hydrogen-bond acceptors (Lipinski definition) is 2. The van der Waals surface area contributed by atoms with Gasteiger partial charge in [-0.2, -0.15) is 0 Å². The van der Waals surface area contributed by atoms with Crippen LogP contribution in [0.15, 0.2) is 11.8 Å². The first-order valence-electron chi connectivity index (χ1n) is 2.70. The average molecular weight is 115 g/mol. The normalized spacial score (nSPS) is 12.5. The molecule has 0 fully saturated rings. The quantitative estimate of drug-likeness (QED) is 0.523. The third-order valence-corrected chi connectivity index (χ3v) is 0.613. The van der Waals surface area contributed by atoms with Crippen molar-refractivity contribution in [1.82, 2.24) is 5.32 Å². The molecule has 0 rings (SSSR count). The predicted octanol–water partition coefficient (Wildman–Crippen LogP) is 0.838. The van der Waals surface area contributed by atoms with E-state index in [4.69, 9.17) is 5.11 Å². The van der Waals surface area contributed by atoms with Crippen LogP contribution >= 0.6 is 0 Å². The standard InChI is InChI=1S/C6H13NO/c1-5(2)4-7-6(3)8/h4,6-8H,1-3H3. The SMILES string of the molecule is CC(C)=CNC(C)O. The van der Waals surface area contributed by atoms with Crippen LogP contribution in [0.3, 0.4) is 0 Å². The zero-order valence-corrected chi connectivity index (χ0v) is 5.60. The highest BCUT2D eigenvalue weighted by Gasteiger charge is 1.84. The molecule has 0 aromatic rings. The fourth-order valence-electron chi connectivity index (χ4n) is 0.287. The third kappa shape index (κ3) is 5.50. The molecule has 0 aliphatic heterocycles. The van der Waals surface area contributed by atoms with Crippen LogP contribution in [0, 0.1) is 0 Å². The van der Waals surface area contributed by atoms with E-state index in [1.165, 1.54) is 0 Å². The van der Waals surface area contributed by atoms with Gasteiger partial charge in [-0.3, -0.25) is 0 Å². The Bertz CT molecular complexity index is 82.5. The number of hydrogen-bond donors (Lipinski definition) is 2. The highest BCUT2D eigenvalue weighted by Crippen LogP contribution is 1.84. The molecule has 0 saturated heterocycles. The Morgan fingerprint density at radius 1 is 1.62 bits per heavy atom. The Labute approximate surface area is 50.2 Å². The third-order valence-electron chi connectivity index (χ3n) is 0.613. The van der Waals surface area contributed by atoms with Gasteiger partial charge in [-0.1, -0.05) is 5.57 Å². The summed E-state index contributed by atoms with van der Waals surface area (Å²) in [4.78, 5) is 0. The summed E-state index contributed by atoms with van der Waals surface area (Å²) in [5.41, 5.74) is 1.16. The second-order valence-electron chi connectivity index (χ2n) is 2.06. The van der Waals surface area contributed by atoms with Crippen molar-refractivity contribution in [3.8, 4) is 0 Å². The molecule has 0 amide bonds. The van der Waals surface area contributed by atoms with Crippen LogP contribution in [0.5, 0.6) is 0 Å². The van der Waals surface area contributed by atoms with E-state index in [0.717, 1.165) is 5.57 Å². The summed E-state index contributed by atoms with van der Waals surface area (Å²) in [6, 6.07) is 0. The van der Waals surface area contributed by atoms with Crippen molar-refractivity contribution in [2.45, 2.75) is 27.0 Å². The van der Waals surface area contributed by atoms with E-state index in [1.807, 2.05) is 13.8 Å². The minimum atomic E-state index is -0.440. The number of rotatable bonds is 2. The highest BCUT2D eigenvalue weighted by atomic mass is 16.3. The Morgan fingerprint density at radius 3 is 2.25 bits per heavy atom. The lowest BCUT2D eigenvalue weighted by Crippen LogP contribution is -2.18. The summed E-state index contributed by atoms with van der Waals surface area (Å²) in [6.07, 6.45) is 1.34. The van der Waals surface area contributed by atoms with Crippen LogP contribution in [0.2, 0.25) is 0 Å². The lowest BCUT2D eigenvalue weighted by molar-refractivity contribution is 0.173. The summed E-state index contributed by atoms with van der Waals surface area (Å²) in [6.45, 7) is 5.62. The van der Waals surface area contributed by atoms with E-state index in [0.29, 0.717) is 0 Å². The van der Waals surface area contributed by atoms with E-state index < -0.39 is 6.23 Å². The maximum Gasteiger partial charge on any atom is 0.121 e. The minimum Gasteiger partial charge on any atom is -0.374 e. The zero-order chi connectivity index (χ0) is 6.57. The van der Waals surface area contributed by atoms with E-state index in [2.05, 4.69) is 5.32 Å². The molecular formula is C6H13NO. The Balaban J connectivity index is 3.29. The second-order valence-corrected chi connectivity index (χ2v) is 2.06. The van der Waals surface area contributed by atoms with Crippen LogP contribution in [0.1, 0.15) is 20.8 Å². The number of aliphatic hydroxyl groups is 1. The van der Waals surface area contributed by atoms with Gasteiger partial charge in [-0.25, -0.2) is 0 Å². The minimum absolute atomic E-state index is 0.440. The van der Waals surface area contributed by atoms with Gasteiger partial charge in [0.15, 0.2) is 0 Å². The van der Waals surface area contributed by atoms with Gasteiger partial charge in [0.2, 0.25) is 0 Å². The van der Waals surface area contributed by atoms with Gasteiger partial charge in [0, 0.05) is 0 Å². The second kappa shape index (κ2) is 3.50. The largest absolute Gasteiger partial charge is 0.374 e. The van der Waals surface area contributed by atoms with Crippen molar-refractivity contribution >= 4 is 0 Å². The fraction of sp³-hybridized carbons (Fsp3) is 0.667. The number of allylic oxidation sites excluding steroid dienone is 1. The molecule has 2 heteroatoms. The number of nitrogens with one attached hydrogen (secondary N) is 1. The first-order valence-corrected chi connectivity index (χ1v) is 2.70. The molecule has 1 atom stereocenters. The van der Waals surface area contributed by atoms with Crippen LogP contribution in [0.25, 0.3) is 0 Å². The van der Waals surface area contributed by atoms with Gasteiger partial charge in [0.05, 0.1) is 0 Å². The molecule has 0 aliphatic carbocycles. The highest BCUT2D eigenvalue weighted by molar-refractivity contribution is 4.90. The van der Waals surface area contributed by atoms with Crippen molar-refractivity contribution in [3.05, 3.63) is 11.8 Å². The van der Waals surface area contributed by atoms with Crippen LogP contribution in [0.4, 0.5) is 0 Å². The molecule has 0 radical (unpaired) electrons. The van der Waals surface area contributed by atoms with Crippen molar-refractivity contribution in [2.24, 2.45) is 0 Å². The maximum absolute atomic E-state index is 8.65. The molecule has 8 heavy (non-hydrogen) atoms. The first kappa shape index (κ1) is 7.50. The van der Waals surface area contributed by atoms with Crippen molar-refractivity contribution < 1.29 is 5.11 Å². The molecule has 0 aromatic heterocycles. The van der Waals surface area contributed by atoms with Gasteiger partial charge < -0.3 is 10.4 Å². The molecule has 2 N–H and O–H groups in total. The molecule has 0 heterocycles. The Morgan fingerprint density at radius 2 is 2.12 bits per heavy atom. The lowest BCUT2D eigenvalue weighted by atomic mass is 10.4. The summed E-state index contributed by atoms with van der Waals surface area (Å²) >= 11 is 0. The topological polar surface area (TPSA) is 32.3 Å². The van der Waals surface area contributed by atoms with Crippen molar-refractivity contribution in [2.75, 3.05) is 0 Å². The first-order chi connectivity index (χ1) is 3.63. The van der Waals surface area contributed by atoms with E-state index in [-0.39, 0.29) is 0 Å². The molecule has 2 nitrogen and oxygen atoms in total. The van der Waals surface area contributed by atoms with Crippen LogP contribution in [-0.4, -0.2) is 11.3 Å². The number of aliphatic hydroxyl groups excluding tert-OH is 1. The predicted molar refractivity (Wildman–Crippen MR) is 34.2 cm³/mol. The average Bonchev–Trinajstić information content (AvgIpc) is 1.61. The van der Waals surface area contributed by atoms with Crippen molar-refractivity contribution in [1.29, 1.82) is 0 Å². The zero-order valence-electron chi connectivity index (χ0n) is 5.60. The molecular weight excluding hydrogens is 102 g/mol. The van der Waals surface area contributed by atoms with E-state index in [1.54, 1.807) is 13.1 Å².